The number of hydrogen-bond donors (Lipinski definition) is 1. The molecule has 0 aliphatic heterocycles. The van der Waals surface area contributed by atoms with Crippen molar-refractivity contribution in [3.8, 4) is 11.5 Å². The summed E-state index contributed by atoms with van der Waals surface area (Å²) < 4.78 is 6.65. The third-order valence-corrected chi connectivity index (χ3v) is 5.61. The molecule has 1 fully saturated rings. The highest BCUT2D eigenvalue weighted by molar-refractivity contribution is 6.30. The summed E-state index contributed by atoms with van der Waals surface area (Å²) in [6.07, 6.45) is 1.68. The molecule has 0 atom stereocenters. The molecule has 1 saturated carbocycles. The normalized spacial score (nSPS) is 13.4. The van der Waals surface area contributed by atoms with Crippen LogP contribution in [0.3, 0.4) is 0 Å². The monoisotopic (exact) mass is 451 g/mol. The average molecular weight is 452 g/mol. The zero-order valence-electron chi connectivity index (χ0n) is 16.8. The van der Waals surface area contributed by atoms with E-state index in [9.17, 15) is 14.4 Å². The predicted molar refractivity (Wildman–Crippen MR) is 117 cm³/mol. The van der Waals surface area contributed by atoms with E-state index < -0.39 is 11.2 Å². The van der Waals surface area contributed by atoms with E-state index in [4.69, 9.17) is 16.0 Å². The van der Waals surface area contributed by atoms with Crippen LogP contribution < -0.4 is 11.2 Å². The van der Waals surface area contributed by atoms with Crippen LogP contribution in [0.25, 0.3) is 22.4 Å². The molecule has 5 rings (SSSR count). The van der Waals surface area contributed by atoms with Gasteiger partial charge in [0.2, 0.25) is 17.7 Å². The Morgan fingerprint density at radius 1 is 1.12 bits per heavy atom. The molecule has 4 aromatic rings. The van der Waals surface area contributed by atoms with Crippen molar-refractivity contribution in [3.63, 3.8) is 0 Å². The highest BCUT2D eigenvalue weighted by Crippen LogP contribution is 2.29. The number of carbonyl (C=O) groups is 1. The van der Waals surface area contributed by atoms with E-state index in [0.29, 0.717) is 27.4 Å². The Kier molecular flexibility index (Phi) is 5.10. The SMILES string of the molecule is O=C(Cn1c(=O)[nH]c2ccccc2c1=O)N(Cc1nnc(-c2ccc(Cl)cc2)o1)C1CC1. The van der Waals surface area contributed by atoms with Crippen molar-refractivity contribution in [2.75, 3.05) is 0 Å². The molecule has 10 heteroatoms. The van der Waals surface area contributed by atoms with Gasteiger partial charge in [0.1, 0.15) is 6.54 Å². The van der Waals surface area contributed by atoms with E-state index in [1.54, 1.807) is 53.4 Å². The van der Waals surface area contributed by atoms with Crippen LogP contribution >= 0.6 is 11.6 Å². The number of hydrogen-bond acceptors (Lipinski definition) is 6. The third-order valence-electron chi connectivity index (χ3n) is 5.35. The lowest BCUT2D eigenvalue weighted by molar-refractivity contribution is -0.133. The van der Waals surface area contributed by atoms with Gasteiger partial charge in [0.05, 0.1) is 17.4 Å². The first-order valence-corrected chi connectivity index (χ1v) is 10.5. The van der Waals surface area contributed by atoms with E-state index in [1.807, 2.05) is 0 Å². The standard InChI is InChI=1S/C22H18ClN5O4/c23-14-7-5-13(6-8-14)20-26-25-18(32-20)11-27(15-9-10-15)19(29)12-28-21(30)16-3-1-2-4-17(16)24-22(28)31/h1-8,15H,9-12H2,(H,24,31). The van der Waals surface area contributed by atoms with Crippen LogP contribution in [0.1, 0.15) is 18.7 Å². The molecule has 2 aromatic carbocycles. The number of aromatic amines is 1. The number of H-pyrrole nitrogens is 1. The molecule has 32 heavy (non-hydrogen) atoms. The zero-order valence-corrected chi connectivity index (χ0v) is 17.6. The summed E-state index contributed by atoms with van der Waals surface area (Å²) in [5, 5.41) is 9.04. The average Bonchev–Trinajstić information content (AvgIpc) is 3.53. The molecule has 1 N–H and O–H groups in total. The topological polar surface area (TPSA) is 114 Å². The second-order valence-corrected chi connectivity index (χ2v) is 8.06. The van der Waals surface area contributed by atoms with Gasteiger partial charge in [-0.3, -0.25) is 14.2 Å². The fourth-order valence-electron chi connectivity index (χ4n) is 3.55. The summed E-state index contributed by atoms with van der Waals surface area (Å²) in [4.78, 5) is 42.5. The molecule has 2 heterocycles. The lowest BCUT2D eigenvalue weighted by atomic mass is 10.2. The summed E-state index contributed by atoms with van der Waals surface area (Å²) in [6, 6.07) is 13.7. The molecule has 162 valence electrons. The summed E-state index contributed by atoms with van der Waals surface area (Å²) in [5.74, 6) is 0.235. The molecule has 1 aliphatic carbocycles. The highest BCUT2D eigenvalue weighted by atomic mass is 35.5. The molecule has 0 radical (unpaired) electrons. The van der Waals surface area contributed by atoms with Gasteiger partial charge >= 0.3 is 5.69 Å². The van der Waals surface area contributed by atoms with Gasteiger partial charge in [0, 0.05) is 16.6 Å². The summed E-state index contributed by atoms with van der Waals surface area (Å²) in [6.45, 7) is -0.266. The van der Waals surface area contributed by atoms with Crippen molar-refractivity contribution >= 4 is 28.4 Å². The highest BCUT2D eigenvalue weighted by Gasteiger charge is 2.34. The number of para-hydroxylation sites is 1. The Hall–Kier alpha value is -3.72. The Balaban J connectivity index is 1.38. The number of nitrogens with one attached hydrogen (secondary N) is 1. The van der Waals surface area contributed by atoms with Gasteiger partial charge in [-0.2, -0.15) is 0 Å². The number of amides is 1. The smallest absolute Gasteiger partial charge is 0.329 e. The van der Waals surface area contributed by atoms with E-state index in [1.165, 1.54) is 0 Å². The Bertz CT molecular complexity index is 1420. The van der Waals surface area contributed by atoms with Crippen molar-refractivity contribution in [3.05, 3.63) is 80.3 Å². The second-order valence-electron chi connectivity index (χ2n) is 7.63. The molecular formula is C22H18ClN5O4. The number of nitrogens with zero attached hydrogens (tertiary/aromatic N) is 4. The van der Waals surface area contributed by atoms with E-state index in [2.05, 4.69) is 15.2 Å². The minimum Gasteiger partial charge on any atom is -0.419 e. The predicted octanol–water partition coefficient (Wildman–Crippen LogP) is 2.58. The number of rotatable bonds is 6. The van der Waals surface area contributed by atoms with Crippen LogP contribution in [0.15, 0.2) is 62.5 Å². The number of benzene rings is 2. The second kappa shape index (κ2) is 8.08. The zero-order chi connectivity index (χ0) is 22.2. The van der Waals surface area contributed by atoms with Crippen LogP contribution in [0.5, 0.6) is 0 Å². The minimum absolute atomic E-state index is 0.0172. The third kappa shape index (κ3) is 3.94. The molecule has 0 spiro atoms. The van der Waals surface area contributed by atoms with Crippen LogP contribution in [0, 0.1) is 0 Å². The lowest BCUT2D eigenvalue weighted by Crippen LogP contribution is -2.42. The first-order chi connectivity index (χ1) is 15.5. The summed E-state index contributed by atoms with van der Waals surface area (Å²) >= 11 is 5.91. The maximum absolute atomic E-state index is 13.1. The fraction of sp³-hybridized carbons (Fsp3) is 0.227. The van der Waals surface area contributed by atoms with Crippen molar-refractivity contribution in [1.29, 1.82) is 0 Å². The fourth-order valence-corrected chi connectivity index (χ4v) is 3.67. The van der Waals surface area contributed by atoms with E-state index in [0.717, 1.165) is 17.4 Å². The Morgan fingerprint density at radius 3 is 2.62 bits per heavy atom. The lowest BCUT2D eigenvalue weighted by Gasteiger charge is -2.20. The van der Waals surface area contributed by atoms with Crippen LogP contribution in [0.2, 0.25) is 5.02 Å². The molecule has 9 nitrogen and oxygen atoms in total. The van der Waals surface area contributed by atoms with E-state index in [-0.39, 0.29) is 30.9 Å². The molecule has 1 aliphatic rings. The van der Waals surface area contributed by atoms with Gasteiger partial charge in [-0.1, -0.05) is 23.7 Å². The van der Waals surface area contributed by atoms with Crippen LogP contribution in [-0.4, -0.2) is 36.6 Å². The molecule has 0 saturated heterocycles. The molecule has 2 aromatic heterocycles. The minimum atomic E-state index is -0.624. The van der Waals surface area contributed by atoms with Crippen LogP contribution in [0.4, 0.5) is 0 Å². The number of aromatic nitrogens is 4. The maximum atomic E-state index is 13.1. The quantitative estimate of drug-likeness (QED) is 0.482. The van der Waals surface area contributed by atoms with Crippen molar-refractivity contribution in [1.82, 2.24) is 24.6 Å². The molecule has 0 bridgehead atoms. The number of fused-ring (bicyclic) bond motifs is 1. The van der Waals surface area contributed by atoms with Gasteiger partial charge in [-0.05, 0) is 49.2 Å². The summed E-state index contributed by atoms with van der Waals surface area (Å²) in [5.41, 5.74) is 0.0226. The van der Waals surface area contributed by atoms with Gasteiger partial charge in [-0.15, -0.1) is 10.2 Å². The van der Waals surface area contributed by atoms with Gasteiger partial charge in [0.25, 0.3) is 5.56 Å². The van der Waals surface area contributed by atoms with Crippen LogP contribution in [-0.2, 0) is 17.9 Å². The first-order valence-electron chi connectivity index (χ1n) is 10.1. The maximum Gasteiger partial charge on any atom is 0.329 e. The van der Waals surface area contributed by atoms with E-state index >= 15 is 0 Å². The largest absolute Gasteiger partial charge is 0.419 e. The van der Waals surface area contributed by atoms with Gasteiger partial charge in [0.15, 0.2) is 0 Å². The van der Waals surface area contributed by atoms with Crippen molar-refractivity contribution in [2.24, 2.45) is 0 Å². The molecular weight excluding hydrogens is 434 g/mol. The molecule has 0 unspecified atom stereocenters. The first kappa shape index (κ1) is 20.2. The van der Waals surface area contributed by atoms with Gasteiger partial charge in [-0.25, -0.2) is 4.79 Å². The Morgan fingerprint density at radius 2 is 1.88 bits per heavy atom. The van der Waals surface area contributed by atoms with Gasteiger partial charge < -0.3 is 14.3 Å². The van der Waals surface area contributed by atoms with Crippen molar-refractivity contribution < 1.29 is 9.21 Å². The molecule has 1 amide bonds. The number of carbonyl (C=O) groups excluding carboxylic acids is 1. The summed E-state index contributed by atoms with van der Waals surface area (Å²) in [7, 11) is 0. The van der Waals surface area contributed by atoms with Crippen molar-refractivity contribution in [2.45, 2.75) is 32.0 Å². The Labute approximate surface area is 186 Å². The number of halogens is 1.